The van der Waals surface area contributed by atoms with Crippen LogP contribution in [0.1, 0.15) is 0 Å². The van der Waals surface area contributed by atoms with Crippen molar-refractivity contribution < 1.29 is 0 Å². The monoisotopic (exact) mass is 754 g/mol. The Balaban J connectivity index is 0.984. The number of fused-ring (bicyclic) bond motifs is 5. The van der Waals surface area contributed by atoms with Crippen LogP contribution in [0.15, 0.2) is 231 Å². The SMILES string of the molecule is c1ccc(-c2ccc(N(c3ccc(-c4ccccc4)cc3)c3ccc(-c4ccc5c(c4)n4c6ccccc6nc4n5-c4ccc(-c5ccccc5)cc4)cc3)cc2)cc1. The molecule has 0 saturated heterocycles. The standard InChI is InChI=1S/C55H38N4/c1-4-12-39(13-5-1)42-20-29-47(30-21-42)57(48-31-22-43(23-32-48)40-14-6-2-7-15-40)49-33-26-45(27-34-49)46-28-37-53-54(38-46)59-52-19-11-10-18-51(52)56-55(59)58(53)50-35-24-44(25-36-50)41-16-8-3-9-17-41/h1-38H. The minimum absolute atomic E-state index is 0.897. The molecule has 0 aliphatic rings. The van der Waals surface area contributed by atoms with Crippen LogP contribution in [0, 0.1) is 0 Å². The van der Waals surface area contributed by atoms with E-state index in [9.17, 15) is 0 Å². The molecule has 0 fully saturated rings. The topological polar surface area (TPSA) is 25.5 Å². The van der Waals surface area contributed by atoms with Crippen LogP contribution in [0.5, 0.6) is 0 Å². The second-order valence-corrected chi connectivity index (χ2v) is 14.9. The molecular weight excluding hydrogens is 717 g/mol. The Hall–Kier alpha value is -7.95. The Morgan fingerprint density at radius 3 is 1.19 bits per heavy atom. The number of rotatable bonds is 8. The lowest BCUT2D eigenvalue weighted by atomic mass is 10.0. The van der Waals surface area contributed by atoms with E-state index in [1.54, 1.807) is 0 Å². The van der Waals surface area contributed by atoms with Crippen LogP contribution in [0.2, 0.25) is 0 Å². The van der Waals surface area contributed by atoms with Gasteiger partial charge in [0.25, 0.3) is 0 Å². The van der Waals surface area contributed by atoms with E-state index in [4.69, 9.17) is 4.98 Å². The summed E-state index contributed by atoms with van der Waals surface area (Å²) in [6.45, 7) is 0. The number of nitrogens with zero attached hydrogens (tertiary/aromatic N) is 4. The molecule has 0 unspecified atom stereocenters. The zero-order valence-corrected chi connectivity index (χ0v) is 32.2. The molecule has 0 spiro atoms. The third-order valence-electron chi connectivity index (χ3n) is 11.4. The smallest absolute Gasteiger partial charge is 0.220 e. The number of hydrogen-bond acceptors (Lipinski definition) is 2. The molecule has 0 radical (unpaired) electrons. The Morgan fingerprint density at radius 2 is 0.695 bits per heavy atom. The van der Waals surface area contributed by atoms with Gasteiger partial charge in [-0.2, -0.15) is 0 Å². The lowest BCUT2D eigenvalue weighted by Gasteiger charge is -2.26. The Labute approximate surface area is 343 Å². The van der Waals surface area contributed by atoms with Gasteiger partial charge in [0.2, 0.25) is 5.78 Å². The van der Waals surface area contributed by atoms with E-state index in [2.05, 4.69) is 244 Å². The zero-order valence-electron chi connectivity index (χ0n) is 32.2. The van der Waals surface area contributed by atoms with Crippen LogP contribution in [-0.2, 0) is 0 Å². The Kier molecular flexibility index (Phi) is 8.45. The second-order valence-electron chi connectivity index (χ2n) is 14.9. The number of hydrogen-bond donors (Lipinski definition) is 0. The highest BCUT2D eigenvalue weighted by Crippen LogP contribution is 2.39. The maximum Gasteiger partial charge on any atom is 0.220 e. The van der Waals surface area contributed by atoms with Crippen molar-refractivity contribution in [1.29, 1.82) is 0 Å². The minimum atomic E-state index is 0.897. The normalized spacial score (nSPS) is 11.4. The van der Waals surface area contributed by atoms with Gasteiger partial charge in [0.05, 0.1) is 22.1 Å². The zero-order chi connectivity index (χ0) is 39.1. The summed E-state index contributed by atoms with van der Waals surface area (Å²) in [7, 11) is 0. The molecule has 0 amide bonds. The first-order chi connectivity index (χ1) is 29.2. The van der Waals surface area contributed by atoms with Crippen LogP contribution in [0.25, 0.3) is 78.0 Å². The molecule has 0 bridgehead atoms. The second kappa shape index (κ2) is 14.5. The van der Waals surface area contributed by atoms with Crippen molar-refractivity contribution >= 4 is 44.9 Å². The first-order valence-electron chi connectivity index (χ1n) is 20.0. The molecule has 278 valence electrons. The van der Waals surface area contributed by atoms with E-state index in [1.165, 1.54) is 33.4 Å². The average Bonchev–Trinajstić information content (AvgIpc) is 3.85. The fourth-order valence-electron chi connectivity index (χ4n) is 8.39. The molecule has 11 aromatic rings. The molecule has 0 aliphatic carbocycles. The lowest BCUT2D eigenvalue weighted by molar-refractivity contribution is 1.11. The van der Waals surface area contributed by atoms with Crippen molar-refractivity contribution in [1.82, 2.24) is 14.0 Å². The van der Waals surface area contributed by atoms with Gasteiger partial charge in [-0.25, -0.2) is 4.98 Å². The highest BCUT2D eigenvalue weighted by atomic mass is 15.2. The molecule has 2 aromatic heterocycles. The highest BCUT2D eigenvalue weighted by Gasteiger charge is 2.19. The van der Waals surface area contributed by atoms with Gasteiger partial charge in [0.1, 0.15) is 0 Å². The molecule has 0 N–H and O–H groups in total. The first-order valence-corrected chi connectivity index (χ1v) is 20.0. The summed E-state index contributed by atoms with van der Waals surface area (Å²) in [4.78, 5) is 7.50. The Morgan fingerprint density at radius 1 is 0.305 bits per heavy atom. The van der Waals surface area contributed by atoms with E-state index in [0.717, 1.165) is 61.7 Å². The van der Waals surface area contributed by atoms with Gasteiger partial charge in [0.15, 0.2) is 0 Å². The summed E-state index contributed by atoms with van der Waals surface area (Å²) >= 11 is 0. The number of benzene rings is 9. The molecule has 0 atom stereocenters. The maximum absolute atomic E-state index is 5.17. The molecular formula is C55H38N4. The predicted molar refractivity (Wildman–Crippen MR) is 246 cm³/mol. The van der Waals surface area contributed by atoms with Gasteiger partial charge >= 0.3 is 0 Å². The first kappa shape index (κ1) is 34.3. The third kappa shape index (κ3) is 6.24. The van der Waals surface area contributed by atoms with Gasteiger partial charge in [0, 0.05) is 22.7 Å². The quantitative estimate of drug-likeness (QED) is 0.154. The molecule has 0 aliphatic heterocycles. The summed E-state index contributed by atoms with van der Waals surface area (Å²) < 4.78 is 4.58. The van der Waals surface area contributed by atoms with E-state index < -0.39 is 0 Å². The molecule has 4 nitrogen and oxygen atoms in total. The number of aromatic nitrogens is 3. The largest absolute Gasteiger partial charge is 0.311 e. The molecule has 2 heterocycles. The van der Waals surface area contributed by atoms with Crippen molar-refractivity contribution in [2.45, 2.75) is 0 Å². The van der Waals surface area contributed by atoms with Crippen LogP contribution >= 0.6 is 0 Å². The van der Waals surface area contributed by atoms with Crippen LogP contribution in [0.4, 0.5) is 17.1 Å². The summed E-state index contributed by atoms with van der Waals surface area (Å²) in [6, 6.07) is 82.2. The van der Waals surface area contributed by atoms with Crippen molar-refractivity contribution in [3.63, 3.8) is 0 Å². The fraction of sp³-hybridized carbons (Fsp3) is 0. The van der Waals surface area contributed by atoms with Gasteiger partial charge in [-0.15, -0.1) is 0 Å². The molecule has 0 saturated carbocycles. The predicted octanol–water partition coefficient (Wildman–Crippen LogP) is 14.6. The molecule has 4 heteroatoms. The minimum Gasteiger partial charge on any atom is -0.311 e. The van der Waals surface area contributed by atoms with Crippen molar-refractivity contribution in [3.8, 4) is 50.2 Å². The summed E-state index contributed by atoms with van der Waals surface area (Å²) in [5, 5.41) is 0. The lowest BCUT2D eigenvalue weighted by Crippen LogP contribution is -2.09. The summed E-state index contributed by atoms with van der Waals surface area (Å²) in [5.41, 5.74) is 18.1. The fourth-order valence-corrected chi connectivity index (χ4v) is 8.39. The van der Waals surface area contributed by atoms with Crippen LogP contribution in [-0.4, -0.2) is 14.0 Å². The molecule has 59 heavy (non-hydrogen) atoms. The third-order valence-corrected chi connectivity index (χ3v) is 11.4. The van der Waals surface area contributed by atoms with Gasteiger partial charge in [-0.1, -0.05) is 158 Å². The van der Waals surface area contributed by atoms with Crippen LogP contribution < -0.4 is 4.90 Å². The molecule has 11 rings (SSSR count). The van der Waals surface area contributed by atoms with E-state index >= 15 is 0 Å². The maximum atomic E-state index is 5.17. The number of para-hydroxylation sites is 2. The Bertz CT molecular complexity index is 3120. The van der Waals surface area contributed by atoms with Crippen LogP contribution in [0.3, 0.4) is 0 Å². The number of anilines is 3. The number of imidazole rings is 2. The van der Waals surface area contributed by atoms with Crippen molar-refractivity contribution in [3.05, 3.63) is 231 Å². The molecule has 9 aromatic carbocycles. The van der Waals surface area contributed by atoms with E-state index in [1.807, 2.05) is 0 Å². The summed E-state index contributed by atoms with van der Waals surface area (Å²) in [5.74, 6) is 0.897. The summed E-state index contributed by atoms with van der Waals surface area (Å²) in [6.07, 6.45) is 0. The van der Waals surface area contributed by atoms with Gasteiger partial charge < -0.3 is 4.90 Å². The highest BCUT2D eigenvalue weighted by molar-refractivity contribution is 5.94. The van der Waals surface area contributed by atoms with Gasteiger partial charge in [-0.3, -0.25) is 8.97 Å². The van der Waals surface area contributed by atoms with Gasteiger partial charge in [-0.05, 0) is 117 Å². The average molecular weight is 755 g/mol. The van der Waals surface area contributed by atoms with Crippen molar-refractivity contribution in [2.75, 3.05) is 4.90 Å². The van der Waals surface area contributed by atoms with E-state index in [0.29, 0.717) is 0 Å². The van der Waals surface area contributed by atoms with E-state index in [-0.39, 0.29) is 0 Å². The van der Waals surface area contributed by atoms with Crippen molar-refractivity contribution in [2.24, 2.45) is 0 Å².